The van der Waals surface area contributed by atoms with E-state index in [1.165, 1.54) is 14.0 Å². The highest BCUT2D eigenvalue weighted by Gasteiger charge is 2.17. The van der Waals surface area contributed by atoms with Crippen molar-refractivity contribution < 1.29 is 19.1 Å². The maximum atomic E-state index is 11.4. The first-order valence-corrected chi connectivity index (χ1v) is 5.35. The van der Waals surface area contributed by atoms with Crippen LogP contribution in [0.2, 0.25) is 0 Å². The highest BCUT2D eigenvalue weighted by molar-refractivity contribution is 5.95. The van der Waals surface area contributed by atoms with Gasteiger partial charge >= 0.3 is 6.03 Å². The molecule has 6 nitrogen and oxygen atoms in total. The van der Waals surface area contributed by atoms with Crippen LogP contribution in [0.25, 0.3) is 0 Å². The molecule has 6 heteroatoms. The molecule has 3 amide bonds. The average molecular weight is 252 g/mol. The lowest BCUT2D eigenvalue weighted by molar-refractivity contribution is -0.126. The van der Waals surface area contributed by atoms with E-state index in [-0.39, 0.29) is 0 Å². The minimum Gasteiger partial charge on any atom is -0.493 e. The van der Waals surface area contributed by atoms with Crippen LogP contribution < -0.4 is 20.5 Å². The van der Waals surface area contributed by atoms with E-state index in [1.807, 2.05) is 18.3 Å². The highest BCUT2D eigenvalue weighted by atomic mass is 16.5. The van der Waals surface area contributed by atoms with E-state index in [4.69, 9.17) is 15.2 Å². The lowest BCUT2D eigenvalue weighted by atomic mass is 10.2. The van der Waals surface area contributed by atoms with Gasteiger partial charge in [-0.2, -0.15) is 0 Å². The number of amides is 3. The van der Waals surface area contributed by atoms with Gasteiger partial charge in [0, 0.05) is 0 Å². The molecule has 0 aliphatic rings. The molecular formula is C12H16N2O4. The van der Waals surface area contributed by atoms with Gasteiger partial charge in [0.1, 0.15) is 0 Å². The summed E-state index contributed by atoms with van der Waals surface area (Å²) in [5.74, 6) is 0.342. The van der Waals surface area contributed by atoms with Crippen molar-refractivity contribution in [3.05, 3.63) is 23.8 Å². The Morgan fingerprint density at radius 2 is 2.00 bits per heavy atom. The monoisotopic (exact) mass is 252 g/mol. The number of hydrogen-bond donors (Lipinski definition) is 2. The molecule has 0 spiro atoms. The second-order valence-corrected chi connectivity index (χ2v) is 3.77. The summed E-state index contributed by atoms with van der Waals surface area (Å²) < 4.78 is 10.5. The topological polar surface area (TPSA) is 90.7 Å². The molecule has 0 fully saturated rings. The standard InChI is InChI=1S/C12H16N2O4/c1-7-4-5-9(10(6-7)17-3)18-8(2)11(15)14-12(13)16/h4-6,8H,1-3H3,(H3,13,14,15,16). The van der Waals surface area contributed by atoms with E-state index in [0.717, 1.165) is 5.56 Å². The van der Waals surface area contributed by atoms with Crippen molar-refractivity contribution in [2.75, 3.05) is 7.11 Å². The molecule has 0 aromatic heterocycles. The molecule has 1 aromatic carbocycles. The molecule has 1 aromatic rings. The minimum absolute atomic E-state index is 0.426. The molecule has 0 saturated heterocycles. The predicted octanol–water partition coefficient (Wildman–Crippen LogP) is 0.966. The fourth-order valence-corrected chi connectivity index (χ4v) is 1.34. The van der Waals surface area contributed by atoms with E-state index in [1.54, 1.807) is 12.1 Å². The average Bonchev–Trinajstić information content (AvgIpc) is 2.30. The van der Waals surface area contributed by atoms with Gasteiger partial charge in [-0.15, -0.1) is 0 Å². The summed E-state index contributed by atoms with van der Waals surface area (Å²) in [5, 5.41) is 1.95. The number of carbonyl (C=O) groups excluding carboxylic acids is 2. The molecule has 0 radical (unpaired) electrons. The quantitative estimate of drug-likeness (QED) is 0.835. The second-order valence-electron chi connectivity index (χ2n) is 3.77. The van der Waals surface area contributed by atoms with Gasteiger partial charge in [-0.1, -0.05) is 6.07 Å². The van der Waals surface area contributed by atoms with Gasteiger partial charge in [0.25, 0.3) is 5.91 Å². The zero-order valence-corrected chi connectivity index (χ0v) is 10.5. The molecular weight excluding hydrogens is 236 g/mol. The third-order valence-corrected chi connectivity index (χ3v) is 2.24. The summed E-state index contributed by atoms with van der Waals surface area (Å²) in [6.45, 7) is 3.42. The Balaban J connectivity index is 2.78. The summed E-state index contributed by atoms with van der Waals surface area (Å²) in [5.41, 5.74) is 5.86. The Hall–Kier alpha value is -2.24. The zero-order chi connectivity index (χ0) is 13.7. The summed E-state index contributed by atoms with van der Waals surface area (Å²) >= 11 is 0. The number of nitrogens with two attached hydrogens (primary N) is 1. The lowest BCUT2D eigenvalue weighted by Gasteiger charge is -2.16. The first kappa shape index (κ1) is 13.8. The Bertz CT molecular complexity index is 459. The molecule has 0 aliphatic heterocycles. The number of primary amides is 1. The molecule has 1 unspecified atom stereocenters. The predicted molar refractivity (Wildman–Crippen MR) is 65.5 cm³/mol. The molecule has 0 bridgehead atoms. The fraction of sp³-hybridized carbons (Fsp3) is 0.333. The van der Waals surface area contributed by atoms with E-state index in [0.29, 0.717) is 11.5 Å². The van der Waals surface area contributed by atoms with E-state index in [2.05, 4.69) is 0 Å². The maximum absolute atomic E-state index is 11.4. The third kappa shape index (κ3) is 3.65. The number of methoxy groups -OCH3 is 1. The lowest BCUT2D eigenvalue weighted by Crippen LogP contribution is -2.42. The van der Waals surface area contributed by atoms with E-state index < -0.39 is 18.0 Å². The van der Waals surface area contributed by atoms with Crippen LogP contribution in [0.15, 0.2) is 18.2 Å². The van der Waals surface area contributed by atoms with Gasteiger partial charge < -0.3 is 15.2 Å². The number of urea groups is 1. The van der Waals surface area contributed by atoms with Crippen LogP contribution in [-0.4, -0.2) is 25.2 Å². The van der Waals surface area contributed by atoms with Crippen molar-refractivity contribution in [2.24, 2.45) is 5.73 Å². The third-order valence-electron chi connectivity index (χ3n) is 2.24. The number of aryl methyl sites for hydroxylation is 1. The molecule has 1 rings (SSSR count). The number of benzene rings is 1. The zero-order valence-electron chi connectivity index (χ0n) is 10.5. The molecule has 18 heavy (non-hydrogen) atoms. The van der Waals surface area contributed by atoms with Crippen molar-refractivity contribution in [3.8, 4) is 11.5 Å². The van der Waals surface area contributed by atoms with Crippen molar-refractivity contribution in [1.29, 1.82) is 0 Å². The Labute approximate surface area is 105 Å². The van der Waals surface area contributed by atoms with Gasteiger partial charge in [-0.3, -0.25) is 10.1 Å². The fourth-order valence-electron chi connectivity index (χ4n) is 1.34. The van der Waals surface area contributed by atoms with Crippen LogP contribution in [0, 0.1) is 6.92 Å². The van der Waals surface area contributed by atoms with Crippen LogP contribution in [-0.2, 0) is 4.79 Å². The summed E-state index contributed by atoms with van der Waals surface area (Å²) in [6.07, 6.45) is -0.853. The van der Waals surface area contributed by atoms with Gasteiger partial charge in [0.05, 0.1) is 7.11 Å². The molecule has 1 atom stereocenters. The van der Waals surface area contributed by atoms with Gasteiger partial charge in [0.2, 0.25) is 0 Å². The van der Waals surface area contributed by atoms with Gasteiger partial charge in [-0.25, -0.2) is 4.79 Å². The van der Waals surface area contributed by atoms with Crippen LogP contribution >= 0.6 is 0 Å². The number of hydrogen-bond acceptors (Lipinski definition) is 4. The maximum Gasteiger partial charge on any atom is 0.318 e. The van der Waals surface area contributed by atoms with Crippen LogP contribution in [0.4, 0.5) is 4.79 Å². The number of ether oxygens (including phenoxy) is 2. The minimum atomic E-state index is -0.911. The molecule has 0 saturated carbocycles. The first-order valence-electron chi connectivity index (χ1n) is 5.35. The Morgan fingerprint density at radius 3 is 2.56 bits per heavy atom. The van der Waals surface area contributed by atoms with Gasteiger partial charge in [-0.05, 0) is 31.5 Å². The summed E-state index contributed by atoms with van der Waals surface area (Å²) in [4.78, 5) is 22.0. The van der Waals surface area contributed by atoms with Crippen LogP contribution in [0.5, 0.6) is 11.5 Å². The smallest absolute Gasteiger partial charge is 0.318 e. The number of carbonyl (C=O) groups is 2. The van der Waals surface area contributed by atoms with Gasteiger partial charge in [0.15, 0.2) is 17.6 Å². The summed E-state index contributed by atoms with van der Waals surface area (Å²) in [6, 6.07) is 4.40. The largest absolute Gasteiger partial charge is 0.493 e. The Morgan fingerprint density at radius 1 is 1.33 bits per heavy atom. The first-order chi connectivity index (χ1) is 8.43. The highest BCUT2D eigenvalue weighted by Crippen LogP contribution is 2.28. The summed E-state index contributed by atoms with van der Waals surface area (Å²) in [7, 11) is 1.51. The number of nitrogens with one attached hydrogen (secondary N) is 1. The number of rotatable bonds is 4. The molecule has 3 N–H and O–H groups in total. The molecule has 0 heterocycles. The van der Waals surface area contributed by atoms with Crippen molar-refractivity contribution in [3.63, 3.8) is 0 Å². The van der Waals surface area contributed by atoms with Crippen LogP contribution in [0.3, 0.4) is 0 Å². The second kappa shape index (κ2) is 5.90. The normalized spacial score (nSPS) is 11.5. The van der Waals surface area contributed by atoms with Crippen molar-refractivity contribution >= 4 is 11.9 Å². The molecule has 98 valence electrons. The van der Waals surface area contributed by atoms with Crippen LogP contribution in [0.1, 0.15) is 12.5 Å². The Kier molecular flexibility index (Phi) is 4.53. The molecule has 0 aliphatic carbocycles. The van der Waals surface area contributed by atoms with Crippen molar-refractivity contribution in [2.45, 2.75) is 20.0 Å². The van der Waals surface area contributed by atoms with Crippen molar-refractivity contribution in [1.82, 2.24) is 5.32 Å². The number of imide groups is 1. The van der Waals surface area contributed by atoms with E-state index >= 15 is 0 Å². The van der Waals surface area contributed by atoms with E-state index in [9.17, 15) is 9.59 Å². The SMILES string of the molecule is COc1cc(C)ccc1OC(C)C(=O)NC(N)=O.